The van der Waals surface area contributed by atoms with Gasteiger partial charge in [0.05, 0.1) is 58.9 Å². The lowest BCUT2D eigenvalue weighted by atomic mass is 10.1. The lowest BCUT2D eigenvalue weighted by Crippen LogP contribution is -2.51. The normalized spacial score (nSPS) is 12.9. The molecule has 0 aliphatic rings. The number of carbonyl (C=O) groups is 6. The Morgan fingerprint density at radius 3 is 1.64 bits per heavy atom. The number of carbonyl (C=O) groups excluding carboxylic acids is 3. The monoisotopic (exact) mass is 724 g/mol. The number of hydrogen-bond acceptors (Lipinski definition) is 14. The molecule has 0 aliphatic heterocycles. The van der Waals surface area contributed by atoms with Crippen LogP contribution in [0, 0.1) is 0 Å². The fourth-order valence-electron chi connectivity index (χ4n) is 3.96. The topological polar surface area (TPSA) is 338 Å². The maximum atomic E-state index is 12.0. The van der Waals surface area contributed by atoms with Crippen molar-refractivity contribution < 1.29 is 63.0 Å². The maximum Gasteiger partial charge on any atom is 0.326 e. The molecule has 0 aliphatic carbocycles. The SMILES string of the molecule is NC(N)NCCC[C@H](N)C(=O)NCCOCCOCCOCCOCCC(=O)NCCCC[C@H](NC(=O)NC(CCC(=O)O)C(=O)O)C(=O)O. The van der Waals surface area contributed by atoms with Crippen LogP contribution < -0.4 is 43.8 Å². The molecule has 0 rings (SSSR count). The number of unbranched alkanes of at least 4 members (excludes halogenated alkanes) is 1. The number of nitrogens with one attached hydrogen (secondary N) is 5. The van der Waals surface area contributed by atoms with E-state index in [1.165, 1.54) is 0 Å². The second-order valence-electron chi connectivity index (χ2n) is 10.9. The highest BCUT2D eigenvalue weighted by Gasteiger charge is 2.24. The van der Waals surface area contributed by atoms with E-state index < -0.39 is 54.8 Å². The second kappa shape index (κ2) is 30.2. The molecule has 0 aromatic carbocycles. The lowest BCUT2D eigenvalue weighted by molar-refractivity contribution is -0.141. The predicted octanol–water partition coefficient (Wildman–Crippen LogP) is -3.19. The van der Waals surface area contributed by atoms with E-state index in [9.17, 15) is 33.9 Å². The number of aliphatic carboxylic acids is 3. The van der Waals surface area contributed by atoms with Crippen LogP contribution in [0.1, 0.15) is 51.4 Å². The molecule has 290 valence electrons. The van der Waals surface area contributed by atoms with Gasteiger partial charge in [-0.15, -0.1) is 0 Å². The summed E-state index contributed by atoms with van der Waals surface area (Å²) in [5.74, 6) is -4.51. The smallest absolute Gasteiger partial charge is 0.326 e. The summed E-state index contributed by atoms with van der Waals surface area (Å²) < 4.78 is 21.6. The quantitative estimate of drug-likeness (QED) is 0.0235. The highest BCUT2D eigenvalue weighted by molar-refractivity contribution is 5.86. The van der Waals surface area contributed by atoms with Crippen LogP contribution in [0.15, 0.2) is 0 Å². The van der Waals surface area contributed by atoms with E-state index >= 15 is 0 Å². The first-order valence-electron chi connectivity index (χ1n) is 16.4. The number of carboxylic acid groups (broad SMARTS) is 3. The number of ether oxygens (including phenoxy) is 4. The molecule has 14 N–H and O–H groups in total. The molecule has 21 heteroatoms. The van der Waals surface area contributed by atoms with E-state index in [1.807, 2.05) is 0 Å². The summed E-state index contributed by atoms with van der Waals surface area (Å²) in [6.45, 7) is 3.71. The first-order chi connectivity index (χ1) is 23.8. The minimum atomic E-state index is -1.49. The fourth-order valence-corrected chi connectivity index (χ4v) is 3.96. The van der Waals surface area contributed by atoms with Crippen LogP contribution in [0.4, 0.5) is 4.79 Å². The van der Waals surface area contributed by atoms with Gasteiger partial charge in [-0.2, -0.15) is 0 Å². The molecule has 0 aromatic heterocycles. The molecule has 4 amide bonds. The second-order valence-corrected chi connectivity index (χ2v) is 10.9. The summed E-state index contributed by atoms with van der Waals surface area (Å²) in [4.78, 5) is 69.2. The summed E-state index contributed by atoms with van der Waals surface area (Å²) in [5.41, 5.74) is 16.6. The van der Waals surface area contributed by atoms with E-state index in [4.69, 9.17) is 46.4 Å². The van der Waals surface area contributed by atoms with Gasteiger partial charge in [-0.25, -0.2) is 14.4 Å². The van der Waals surface area contributed by atoms with Gasteiger partial charge in [0.1, 0.15) is 18.4 Å². The summed E-state index contributed by atoms with van der Waals surface area (Å²) >= 11 is 0. The van der Waals surface area contributed by atoms with E-state index in [0.717, 1.165) is 0 Å². The van der Waals surface area contributed by atoms with Gasteiger partial charge in [0.25, 0.3) is 0 Å². The molecule has 0 saturated carbocycles. The highest BCUT2D eigenvalue weighted by atomic mass is 16.6. The van der Waals surface area contributed by atoms with Gasteiger partial charge in [0.2, 0.25) is 11.8 Å². The van der Waals surface area contributed by atoms with Crippen LogP contribution in [-0.4, -0.2) is 148 Å². The van der Waals surface area contributed by atoms with Crippen LogP contribution in [-0.2, 0) is 42.9 Å². The number of nitrogens with two attached hydrogens (primary N) is 3. The third-order valence-corrected chi connectivity index (χ3v) is 6.64. The van der Waals surface area contributed by atoms with Crippen LogP contribution in [0.2, 0.25) is 0 Å². The minimum absolute atomic E-state index is 0.0249. The molecule has 1 unspecified atom stereocenters. The molecule has 0 bridgehead atoms. The predicted molar refractivity (Wildman–Crippen MR) is 177 cm³/mol. The van der Waals surface area contributed by atoms with Crippen molar-refractivity contribution >= 4 is 35.8 Å². The van der Waals surface area contributed by atoms with E-state index in [-0.39, 0.29) is 50.8 Å². The van der Waals surface area contributed by atoms with Crippen LogP contribution in [0.5, 0.6) is 0 Å². The van der Waals surface area contributed by atoms with Gasteiger partial charge in [-0.1, -0.05) is 0 Å². The highest BCUT2D eigenvalue weighted by Crippen LogP contribution is 2.03. The zero-order chi connectivity index (χ0) is 37.6. The molecule has 0 radical (unpaired) electrons. The molecule has 3 atom stereocenters. The van der Waals surface area contributed by atoms with Gasteiger partial charge < -0.3 is 72.7 Å². The number of hydrogen-bond donors (Lipinski definition) is 11. The average Bonchev–Trinajstić information content (AvgIpc) is 3.05. The van der Waals surface area contributed by atoms with Crippen molar-refractivity contribution in [3.63, 3.8) is 0 Å². The van der Waals surface area contributed by atoms with Crippen molar-refractivity contribution in [3.05, 3.63) is 0 Å². The fraction of sp³-hybridized carbons (Fsp3) is 0.793. The summed E-state index contributed by atoms with van der Waals surface area (Å²) in [7, 11) is 0. The summed E-state index contributed by atoms with van der Waals surface area (Å²) in [6, 6.07) is -4.45. The van der Waals surface area contributed by atoms with E-state index in [0.29, 0.717) is 78.4 Å². The summed E-state index contributed by atoms with van der Waals surface area (Å²) in [6.07, 6.45) is 0.638. The van der Waals surface area contributed by atoms with E-state index in [2.05, 4.69) is 26.6 Å². The van der Waals surface area contributed by atoms with Gasteiger partial charge in [-0.05, 0) is 45.1 Å². The van der Waals surface area contributed by atoms with Crippen LogP contribution in [0.25, 0.3) is 0 Å². The molecule has 0 saturated heterocycles. The Bertz CT molecular complexity index is 993. The molecule has 50 heavy (non-hydrogen) atoms. The number of urea groups is 1. The molecule has 21 nitrogen and oxygen atoms in total. The van der Waals surface area contributed by atoms with Gasteiger partial charge in [0, 0.05) is 25.9 Å². The Morgan fingerprint density at radius 1 is 0.560 bits per heavy atom. The first-order valence-corrected chi connectivity index (χ1v) is 16.4. The van der Waals surface area contributed by atoms with Gasteiger partial charge in [-0.3, -0.25) is 19.7 Å². The third-order valence-electron chi connectivity index (χ3n) is 6.64. The number of rotatable bonds is 33. The molecule has 0 heterocycles. The molecule has 0 fully saturated rings. The van der Waals surface area contributed by atoms with Crippen molar-refractivity contribution in [1.29, 1.82) is 0 Å². The maximum absolute atomic E-state index is 12.0. The molecule has 0 spiro atoms. The average molecular weight is 725 g/mol. The minimum Gasteiger partial charge on any atom is -0.481 e. The Labute approximate surface area is 291 Å². The largest absolute Gasteiger partial charge is 0.481 e. The Balaban J connectivity index is 3.71. The molecule has 0 aromatic rings. The Kier molecular flexibility index (Phi) is 27.9. The lowest BCUT2D eigenvalue weighted by Gasteiger charge is -2.18. The summed E-state index contributed by atoms with van der Waals surface area (Å²) in [5, 5.41) is 39.6. The standard InChI is InChI=1S/C29H56N8O13/c30-20(4-3-10-35-28(31)32)25(41)34-11-13-48-15-17-50-19-18-49-16-14-47-12-8-23(38)33-9-2-1-5-21(26(42)43)36-29(46)37-22(27(44)45)6-7-24(39)40/h20-22,28,35H,1-19,30-32H2,(H,33,38)(H,34,41)(H,39,40)(H,42,43)(H,44,45)(H2,36,37,46)/t20-,21-,22?/m0/s1. The molecular formula is C29H56N8O13. The van der Waals surface area contributed by atoms with Crippen molar-refractivity contribution in [3.8, 4) is 0 Å². The van der Waals surface area contributed by atoms with Gasteiger partial charge in [0.15, 0.2) is 0 Å². The number of carboxylic acids is 3. The van der Waals surface area contributed by atoms with E-state index in [1.54, 1.807) is 0 Å². The van der Waals surface area contributed by atoms with Crippen LogP contribution >= 0.6 is 0 Å². The van der Waals surface area contributed by atoms with Crippen molar-refractivity contribution in [2.24, 2.45) is 17.2 Å². The Hall–Kier alpha value is -3.70. The third kappa shape index (κ3) is 28.2. The van der Waals surface area contributed by atoms with Crippen LogP contribution in [0.3, 0.4) is 0 Å². The molecular weight excluding hydrogens is 668 g/mol. The zero-order valence-electron chi connectivity index (χ0n) is 28.4. The van der Waals surface area contributed by atoms with Crippen molar-refractivity contribution in [1.82, 2.24) is 26.6 Å². The number of amides is 4. The van der Waals surface area contributed by atoms with Crippen molar-refractivity contribution in [2.75, 3.05) is 72.5 Å². The zero-order valence-corrected chi connectivity index (χ0v) is 28.4. The Morgan fingerprint density at radius 2 is 1.10 bits per heavy atom. The van der Waals surface area contributed by atoms with Crippen molar-refractivity contribution in [2.45, 2.75) is 75.8 Å². The van der Waals surface area contributed by atoms with Gasteiger partial charge >= 0.3 is 23.9 Å². The first kappa shape index (κ1) is 46.3.